The first-order valence-corrected chi connectivity index (χ1v) is 11.3. The fourth-order valence-corrected chi connectivity index (χ4v) is 3.20. The van der Waals surface area contributed by atoms with E-state index in [2.05, 4.69) is 10.6 Å². The van der Waals surface area contributed by atoms with E-state index in [1.165, 1.54) is 12.1 Å². The lowest BCUT2D eigenvalue weighted by Gasteiger charge is -2.13. The monoisotopic (exact) mass is 514 g/mol. The Balaban J connectivity index is 1.40. The quantitative estimate of drug-likeness (QED) is 0.341. The summed E-state index contributed by atoms with van der Waals surface area (Å²) in [6.07, 6.45) is -5.17. The van der Waals surface area contributed by atoms with E-state index in [1.807, 2.05) is 32.0 Å². The smallest absolute Gasteiger partial charge is 0.418 e. The van der Waals surface area contributed by atoms with Gasteiger partial charge in [-0.25, -0.2) is 0 Å². The predicted octanol–water partition coefficient (Wildman–Crippen LogP) is 6.02. The molecule has 0 unspecified atom stereocenters. The number of alkyl halides is 3. The number of hydrogen-bond donors (Lipinski definition) is 2. The van der Waals surface area contributed by atoms with E-state index >= 15 is 0 Å². The number of benzene rings is 3. The van der Waals surface area contributed by atoms with Gasteiger partial charge >= 0.3 is 12.1 Å². The van der Waals surface area contributed by atoms with E-state index in [0.29, 0.717) is 17.2 Å². The second-order valence-electron chi connectivity index (χ2n) is 8.17. The molecule has 0 aliphatic heterocycles. The Morgan fingerprint density at radius 1 is 0.784 bits per heavy atom. The van der Waals surface area contributed by atoms with Crippen LogP contribution in [0.4, 0.5) is 24.5 Å². The number of aryl methyl sites for hydroxylation is 2. The molecule has 7 nitrogen and oxygen atoms in total. The average molecular weight is 515 g/mol. The molecule has 2 N–H and O–H groups in total. The van der Waals surface area contributed by atoms with Gasteiger partial charge in [0.05, 0.1) is 17.7 Å². The van der Waals surface area contributed by atoms with Crippen LogP contribution in [0.2, 0.25) is 0 Å². The molecular weight excluding hydrogens is 489 g/mol. The van der Waals surface area contributed by atoms with Crippen molar-refractivity contribution in [2.75, 3.05) is 17.2 Å². The number of hydrogen-bond acceptors (Lipinski definition) is 5. The highest BCUT2D eigenvalue weighted by Gasteiger charge is 2.33. The Kier molecular flexibility index (Phi) is 8.89. The van der Waals surface area contributed by atoms with Gasteiger partial charge < -0.3 is 20.1 Å². The molecule has 3 aromatic carbocycles. The number of para-hydroxylation sites is 1. The first-order chi connectivity index (χ1) is 17.5. The van der Waals surface area contributed by atoms with Crippen molar-refractivity contribution in [2.24, 2.45) is 0 Å². The molecule has 0 atom stereocenters. The molecule has 0 aliphatic carbocycles. The van der Waals surface area contributed by atoms with Crippen LogP contribution in [0.1, 0.15) is 29.5 Å². The molecule has 0 radical (unpaired) electrons. The number of carbonyl (C=O) groups is 3. The van der Waals surface area contributed by atoms with Gasteiger partial charge in [-0.3, -0.25) is 14.4 Å². The summed E-state index contributed by atoms with van der Waals surface area (Å²) >= 11 is 0. The highest BCUT2D eigenvalue weighted by Crippen LogP contribution is 2.34. The molecule has 0 saturated carbocycles. The van der Waals surface area contributed by atoms with E-state index in [4.69, 9.17) is 9.47 Å². The first-order valence-electron chi connectivity index (χ1n) is 11.3. The van der Waals surface area contributed by atoms with Crippen molar-refractivity contribution in [3.63, 3.8) is 0 Å². The van der Waals surface area contributed by atoms with Crippen LogP contribution in [-0.4, -0.2) is 24.4 Å². The zero-order chi connectivity index (χ0) is 27.0. The summed E-state index contributed by atoms with van der Waals surface area (Å²) < 4.78 is 49.6. The van der Waals surface area contributed by atoms with Crippen LogP contribution in [0.3, 0.4) is 0 Å². The number of halogens is 3. The molecule has 0 bridgehead atoms. The van der Waals surface area contributed by atoms with Crippen LogP contribution in [0.25, 0.3) is 0 Å². The highest BCUT2D eigenvalue weighted by molar-refractivity contribution is 5.95. The lowest BCUT2D eigenvalue weighted by Crippen LogP contribution is -2.23. The van der Waals surface area contributed by atoms with Crippen LogP contribution in [0.15, 0.2) is 66.7 Å². The maximum Gasteiger partial charge on any atom is 0.418 e. The van der Waals surface area contributed by atoms with E-state index < -0.39 is 41.8 Å². The van der Waals surface area contributed by atoms with Gasteiger partial charge in [-0.15, -0.1) is 0 Å². The van der Waals surface area contributed by atoms with Crippen molar-refractivity contribution in [3.05, 3.63) is 83.4 Å². The van der Waals surface area contributed by atoms with E-state index in [-0.39, 0.29) is 12.8 Å². The Hall–Kier alpha value is -4.34. The topological polar surface area (TPSA) is 93.7 Å². The second kappa shape index (κ2) is 12.1. The van der Waals surface area contributed by atoms with Crippen molar-refractivity contribution < 1.29 is 37.0 Å². The number of esters is 1. The molecule has 10 heteroatoms. The third-order valence-electron chi connectivity index (χ3n) is 5.28. The molecule has 0 spiro atoms. The van der Waals surface area contributed by atoms with Gasteiger partial charge in [0.15, 0.2) is 6.61 Å². The van der Waals surface area contributed by atoms with Gasteiger partial charge in [-0.2, -0.15) is 13.2 Å². The lowest BCUT2D eigenvalue weighted by atomic mass is 10.1. The van der Waals surface area contributed by atoms with E-state index in [9.17, 15) is 27.6 Å². The van der Waals surface area contributed by atoms with Crippen molar-refractivity contribution in [2.45, 2.75) is 32.9 Å². The predicted molar refractivity (Wildman–Crippen MR) is 131 cm³/mol. The minimum atomic E-state index is -4.65. The molecule has 3 aromatic rings. The molecule has 0 aliphatic rings. The Labute approximate surface area is 211 Å². The summed E-state index contributed by atoms with van der Waals surface area (Å²) in [5.41, 5.74) is 1.29. The molecule has 3 rings (SSSR count). The SMILES string of the molecule is Cc1ccc(Oc2ccc(NC(=O)CCC(=O)OCC(=O)Nc3ccccc3C(F)(F)F)cc2)cc1C. The van der Waals surface area contributed by atoms with Crippen molar-refractivity contribution in [1.29, 1.82) is 0 Å². The van der Waals surface area contributed by atoms with Gasteiger partial charge in [0, 0.05) is 12.1 Å². The summed E-state index contributed by atoms with van der Waals surface area (Å²) in [4.78, 5) is 35.9. The normalized spacial score (nSPS) is 10.9. The van der Waals surface area contributed by atoms with Crippen molar-refractivity contribution >= 4 is 29.2 Å². The van der Waals surface area contributed by atoms with Gasteiger partial charge in [0.1, 0.15) is 11.5 Å². The van der Waals surface area contributed by atoms with Gasteiger partial charge in [-0.1, -0.05) is 18.2 Å². The maximum atomic E-state index is 13.0. The average Bonchev–Trinajstić information content (AvgIpc) is 2.84. The standard InChI is InChI=1S/C27H25F3N2O5/c1-17-7-10-21(15-18(17)2)37-20-11-8-19(9-12-20)31-24(33)13-14-26(35)36-16-25(34)32-23-6-4-3-5-22(23)27(28,29)30/h3-12,15H,13-14,16H2,1-2H3,(H,31,33)(H,32,34). The molecule has 2 amide bonds. The lowest BCUT2D eigenvalue weighted by molar-refractivity contribution is -0.148. The minimum absolute atomic E-state index is 0.210. The van der Waals surface area contributed by atoms with Crippen LogP contribution in [0, 0.1) is 13.8 Å². The van der Waals surface area contributed by atoms with Crippen LogP contribution in [0.5, 0.6) is 11.5 Å². The summed E-state index contributed by atoms with van der Waals surface area (Å²) in [5, 5.41) is 4.70. The van der Waals surface area contributed by atoms with Crippen molar-refractivity contribution in [3.8, 4) is 11.5 Å². The number of anilines is 2. The fourth-order valence-electron chi connectivity index (χ4n) is 3.20. The molecule has 194 valence electrons. The number of ether oxygens (including phenoxy) is 2. The third kappa shape index (κ3) is 8.38. The van der Waals surface area contributed by atoms with Gasteiger partial charge in [0.25, 0.3) is 5.91 Å². The third-order valence-corrected chi connectivity index (χ3v) is 5.28. The number of amides is 2. The van der Waals surface area contributed by atoms with E-state index in [1.54, 1.807) is 24.3 Å². The zero-order valence-corrected chi connectivity index (χ0v) is 20.1. The first kappa shape index (κ1) is 27.3. The molecule has 0 saturated heterocycles. The van der Waals surface area contributed by atoms with E-state index in [0.717, 1.165) is 23.3 Å². The maximum absolute atomic E-state index is 13.0. The van der Waals surface area contributed by atoms with Gasteiger partial charge in [0.2, 0.25) is 5.91 Å². The number of nitrogens with one attached hydrogen (secondary N) is 2. The Morgan fingerprint density at radius 2 is 1.46 bits per heavy atom. The second-order valence-corrected chi connectivity index (χ2v) is 8.17. The summed E-state index contributed by atoms with van der Waals surface area (Å²) in [5.74, 6) is -0.954. The van der Waals surface area contributed by atoms with Crippen LogP contribution in [-0.2, 0) is 25.3 Å². The Bertz CT molecular complexity index is 1270. The molecule has 37 heavy (non-hydrogen) atoms. The fraction of sp³-hybridized carbons (Fsp3) is 0.222. The number of carbonyl (C=O) groups excluding carboxylic acids is 3. The summed E-state index contributed by atoms with van der Waals surface area (Å²) in [6, 6.07) is 16.9. The zero-order valence-electron chi connectivity index (χ0n) is 20.1. The van der Waals surface area contributed by atoms with Gasteiger partial charge in [-0.05, 0) is 73.5 Å². The molecule has 0 fully saturated rings. The van der Waals surface area contributed by atoms with Crippen LogP contribution >= 0.6 is 0 Å². The molecular formula is C27H25F3N2O5. The molecule has 0 heterocycles. The highest BCUT2D eigenvalue weighted by atomic mass is 19.4. The minimum Gasteiger partial charge on any atom is -0.457 e. The van der Waals surface area contributed by atoms with Crippen LogP contribution < -0.4 is 15.4 Å². The summed E-state index contributed by atoms with van der Waals surface area (Å²) in [6.45, 7) is 3.22. The van der Waals surface area contributed by atoms with Crippen molar-refractivity contribution in [1.82, 2.24) is 0 Å². The largest absolute Gasteiger partial charge is 0.457 e. The summed E-state index contributed by atoms with van der Waals surface area (Å²) in [7, 11) is 0. The Morgan fingerprint density at radius 3 is 2.14 bits per heavy atom. The molecule has 0 aromatic heterocycles. The number of rotatable bonds is 9.